The van der Waals surface area contributed by atoms with Crippen LogP contribution in [0.25, 0.3) is 4.85 Å². The average molecular weight is 179 g/mol. The van der Waals surface area contributed by atoms with Gasteiger partial charge in [0.1, 0.15) is 5.97 Å². The van der Waals surface area contributed by atoms with E-state index in [-0.39, 0.29) is 57.3 Å². The molecule has 0 aliphatic heterocycles. The van der Waals surface area contributed by atoms with Crippen LogP contribution in [0.3, 0.4) is 0 Å². The second-order valence-corrected chi connectivity index (χ2v) is 2.59. The number of rotatable bonds is 3. The maximum absolute atomic E-state index is 10.1. The van der Waals surface area contributed by atoms with Gasteiger partial charge in [-0.2, -0.15) is 0 Å². The van der Waals surface area contributed by atoms with E-state index < -0.39 is 12.0 Å². The van der Waals surface area contributed by atoms with Crippen LogP contribution in [0.15, 0.2) is 0 Å². The zero-order chi connectivity index (χ0) is 8.15. The van der Waals surface area contributed by atoms with E-state index in [9.17, 15) is 9.90 Å². The van der Waals surface area contributed by atoms with E-state index in [0.29, 0.717) is 6.42 Å². The first-order valence-electron chi connectivity index (χ1n) is 3.15. The van der Waals surface area contributed by atoms with Crippen molar-refractivity contribution in [1.82, 2.24) is 0 Å². The van der Waals surface area contributed by atoms with Gasteiger partial charge in [0.2, 0.25) is 0 Å². The molecule has 0 bridgehead atoms. The molecule has 0 fully saturated rings. The number of hydrogen-bond acceptors (Lipinski definition) is 2. The molecular formula is C7H10KNO2. The fraction of sp³-hybridized carbons (Fsp3) is 0.714. The summed E-state index contributed by atoms with van der Waals surface area (Å²) in [7, 11) is 0. The van der Waals surface area contributed by atoms with Crippen LogP contribution in [0.5, 0.6) is 0 Å². The molecule has 0 aromatic heterocycles. The van der Waals surface area contributed by atoms with E-state index in [0.717, 1.165) is 0 Å². The van der Waals surface area contributed by atoms with Crippen LogP contribution in [0, 0.1) is 12.5 Å². The van der Waals surface area contributed by atoms with Crippen LogP contribution in [0.2, 0.25) is 0 Å². The van der Waals surface area contributed by atoms with Crippen LogP contribution >= 0.6 is 0 Å². The molecule has 0 heterocycles. The van der Waals surface area contributed by atoms with Gasteiger partial charge in [-0.15, -0.1) is 0 Å². The summed E-state index contributed by atoms with van der Waals surface area (Å²) in [5, 5.41) is 10.1. The second kappa shape index (κ2) is 7.26. The van der Waals surface area contributed by atoms with Crippen LogP contribution in [-0.2, 0) is 4.79 Å². The Balaban J connectivity index is 0. The quantitative estimate of drug-likeness (QED) is 0.344. The van der Waals surface area contributed by atoms with Crippen LogP contribution < -0.4 is 56.5 Å². The third-order valence-corrected chi connectivity index (χ3v) is 1.12. The molecule has 0 aromatic rings. The smallest absolute Gasteiger partial charge is 0.543 e. The van der Waals surface area contributed by atoms with E-state index in [4.69, 9.17) is 6.57 Å². The van der Waals surface area contributed by atoms with Crippen molar-refractivity contribution in [3.63, 3.8) is 0 Å². The van der Waals surface area contributed by atoms with E-state index in [1.54, 1.807) is 0 Å². The Bertz CT molecular complexity index is 162. The normalized spacial score (nSPS) is 11.5. The Kier molecular flexibility index (Phi) is 9.33. The number of nitrogens with zero attached hydrogens (tertiary/aromatic N) is 1. The van der Waals surface area contributed by atoms with Crippen molar-refractivity contribution in [3.8, 4) is 0 Å². The first kappa shape index (κ1) is 14.1. The number of carbonyl (C=O) groups excluding carboxylic acids is 1. The fourth-order valence-corrected chi connectivity index (χ4v) is 0.648. The number of carboxylic acid groups (broad SMARTS) is 1. The van der Waals surface area contributed by atoms with Crippen LogP contribution in [0.4, 0.5) is 0 Å². The van der Waals surface area contributed by atoms with Gasteiger partial charge in [-0.05, 0) is 5.92 Å². The van der Waals surface area contributed by atoms with Crippen LogP contribution in [-0.4, -0.2) is 12.0 Å². The van der Waals surface area contributed by atoms with Gasteiger partial charge in [0.25, 0.3) is 6.04 Å². The Morgan fingerprint density at radius 2 is 2.09 bits per heavy atom. The molecule has 56 valence electrons. The molecule has 0 radical (unpaired) electrons. The summed E-state index contributed by atoms with van der Waals surface area (Å²) in [5.74, 6) is -1.03. The van der Waals surface area contributed by atoms with Gasteiger partial charge in [-0.25, -0.2) is 6.57 Å². The first-order chi connectivity index (χ1) is 4.57. The zero-order valence-electron chi connectivity index (χ0n) is 7.13. The first-order valence-corrected chi connectivity index (χ1v) is 3.15. The predicted molar refractivity (Wildman–Crippen MR) is 34.9 cm³/mol. The molecule has 0 N–H and O–H groups in total. The minimum absolute atomic E-state index is 0. The van der Waals surface area contributed by atoms with Crippen molar-refractivity contribution in [3.05, 3.63) is 11.4 Å². The van der Waals surface area contributed by atoms with E-state index in [1.165, 1.54) is 0 Å². The fourth-order valence-electron chi connectivity index (χ4n) is 0.648. The molecule has 3 nitrogen and oxygen atoms in total. The van der Waals surface area contributed by atoms with Gasteiger partial charge in [-0.1, -0.05) is 13.8 Å². The average Bonchev–Trinajstić information content (AvgIpc) is 1.81. The van der Waals surface area contributed by atoms with Crippen molar-refractivity contribution in [2.45, 2.75) is 26.3 Å². The number of hydrogen-bond donors (Lipinski definition) is 0. The molecule has 0 spiro atoms. The standard InChI is InChI=1S/C7H11NO2.K/c1-5(2)4-6(8-3)7(9)10;/h5-6H,4H2,1-2H3,(H,9,10);/q;+1/p-1. The molecule has 0 saturated carbocycles. The van der Waals surface area contributed by atoms with E-state index in [2.05, 4.69) is 4.85 Å². The van der Waals surface area contributed by atoms with Gasteiger partial charge >= 0.3 is 51.4 Å². The minimum atomic E-state index is -1.26. The molecule has 1 unspecified atom stereocenters. The SMILES string of the molecule is [C-]#[N+]C(CC(C)C)C(=O)[O-].[K+]. The topological polar surface area (TPSA) is 44.5 Å². The van der Waals surface area contributed by atoms with Crippen LogP contribution in [0.1, 0.15) is 20.3 Å². The zero-order valence-corrected chi connectivity index (χ0v) is 10.2. The largest absolute Gasteiger partial charge is 1.00 e. The molecular weight excluding hydrogens is 169 g/mol. The van der Waals surface area contributed by atoms with Crippen molar-refractivity contribution < 1.29 is 61.3 Å². The number of carbonyl (C=O) groups is 1. The number of carboxylic acids is 1. The van der Waals surface area contributed by atoms with Crippen molar-refractivity contribution in [2.75, 3.05) is 0 Å². The maximum atomic E-state index is 10.1. The Morgan fingerprint density at radius 1 is 1.64 bits per heavy atom. The maximum Gasteiger partial charge on any atom is 1.00 e. The minimum Gasteiger partial charge on any atom is -0.543 e. The summed E-state index contributed by atoms with van der Waals surface area (Å²) >= 11 is 0. The third kappa shape index (κ3) is 6.97. The molecule has 4 heteroatoms. The molecule has 0 aliphatic rings. The molecule has 0 rings (SSSR count). The molecule has 11 heavy (non-hydrogen) atoms. The Labute approximate surface area is 109 Å². The molecule has 0 aromatic carbocycles. The second-order valence-electron chi connectivity index (χ2n) is 2.59. The molecule has 0 saturated heterocycles. The molecule has 0 amide bonds. The summed E-state index contributed by atoms with van der Waals surface area (Å²) in [4.78, 5) is 13.1. The Morgan fingerprint density at radius 3 is 2.18 bits per heavy atom. The summed E-state index contributed by atoms with van der Waals surface area (Å²) in [6.45, 7) is 10.2. The van der Waals surface area contributed by atoms with Crippen molar-refractivity contribution in [2.24, 2.45) is 5.92 Å². The van der Waals surface area contributed by atoms with Gasteiger partial charge in [-0.3, -0.25) is 0 Å². The third-order valence-electron chi connectivity index (χ3n) is 1.12. The number of aliphatic carboxylic acids is 1. The van der Waals surface area contributed by atoms with Gasteiger partial charge in [0.05, 0.1) is 0 Å². The van der Waals surface area contributed by atoms with Gasteiger partial charge < -0.3 is 14.7 Å². The summed E-state index contributed by atoms with van der Waals surface area (Å²) in [5.41, 5.74) is 0. The summed E-state index contributed by atoms with van der Waals surface area (Å²) < 4.78 is 0. The van der Waals surface area contributed by atoms with Gasteiger partial charge in [0.15, 0.2) is 0 Å². The molecule has 0 aliphatic carbocycles. The molecule has 1 atom stereocenters. The predicted octanol–water partition coefficient (Wildman–Crippen LogP) is -2.93. The van der Waals surface area contributed by atoms with E-state index in [1.807, 2.05) is 13.8 Å². The Hall–Kier alpha value is 0.596. The summed E-state index contributed by atoms with van der Waals surface area (Å²) in [6, 6.07) is -0.958. The van der Waals surface area contributed by atoms with Gasteiger partial charge in [0, 0.05) is 6.42 Å². The van der Waals surface area contributed by atoms with E-state index >= 15 is 0 Å². The van der Waals surface area contributed by atoms with Crippen molar-refractivity contribution in [1.29, 1.82) is 0 Å². The summed E-state index contributed by atoms with van der Waals surface area (Å²) in [6.07, 6.45) is 0.381. The van der Waals surface area contributed by atoms with Crippen molar-refractivity contribution >= 4 is 5.97 Å². The monoisotopic (exact) mass is 179 g/mol.